The lowest BCUT2D eigenvalue weighted by Crippen LogP contribution is -2.35. The molecule has 0 aliphatic heterocycles. The zero-order chi connectivity index (χ0) is 21.3. The molecule has 1 N–H and O–H groups in total. The monoisotopic (exact) mass is 488 g/mol. The van der Waals surface area contributed by atoms with Crippen molar-refractivity contribution in [2.24, 2.45) is 0 Å². The smallest absolute Gasteiger partial charge is 0.261 e. The summed E-state index contributed by atoms with van der Waals surface area (Å²) in [6.07, 6.45) is 3.50. The summed E-state index contributed by atoms with van der Waals surface area (Å²) in [5, 5.41) is 0. The Hall–Kier alpha value is -2.58. The van der Waals surface area contributed by atoms with E-state index in [0.29, 0.717) is 11.3 Å². The quantitative estimate of drug-likeness (QED) is 0.494. The molecule has 156 valence electrons. The van der Waals surface area contributed by atoms with Crippen LogP contribution >= 0.6 is 15.9 Å². The number of sulfonamides is 1. The normalized spacial score (nSPS) is 14.9. The van der Waals surface area contributed by atoms with Crippen LogP contribution in [0.25, 0.3) is 0 Å². The van der Waals surface area contributed by atoms with Crippen LogP contribution in [-0.2, 0) is 10.0 Å². The second-order valence-corrected chi connectivity index (χ2v) is 9.87. The maximum absolute atomic E-state index is 13.3. The van der Waals surface area contributed by atoms with E-state index in [1.54, 1.807) is 48.7 Å². The lowest BCUT2D eigenvalue weighted by Gasteiger charge is -2.28. The van der Waals surface area contributed by atoms with Gasteiger partial charge in [0.1, 0.15) is 5.76 Å². The highest BCUT2D eigenvalue weighted by atomic mass is 79.9. The number of nitrogens with zero attached hydrogens (tertiary/aromatic N) is 1. The summed E-state index contributed by atoms with van der Waals surface area (Å²) in [4.78, 5) is 15.3. The second-order valence-electron chi connectivity index (χ2n) is 7.28. The molecule has 0 spiro atoms. The summed E-state index contributed by atoms with van der Waals surface area (Å²) in [5.74, 6) is 0.577. The fraction of sp³-hybridized carbons (Fsp3) is 0.227. The van der Waals surface area contributed by atoms with E-state index in [1.165, 1.54) is 12.1 Å². The Balaban J connectivity index is 1.57. The van der Waals surface area contributed by atoms with Crippen molar-refractivity contribution in [3.8, 4) is 0 Å². The number of anilines is 1. The molecule has 1 aromatic heterocycles. The van der Waals surface area contributed by atoms with Gasteiger partial charge in [0.2, 0.25) is 0 Å². The van der Waals surface area contributed by atoms with E-state index in [1.807, 2.05) is 17.9 Å². The second kappa shape index (κ2) is 8.28. The maximum Gasteiger partial charge on any atom is 0.261 e. The summed E-state index contributed by atoms with van der Waals surface area (Å²) in [6.45, 7) is 1.94. The average Bonchev–Trinajstić information content (AvgIpc) is 3.39. The molecule has 8 heteroatoms. The number of furan rings is 1. The molecular formula is C22H21BrN2O4S. The minimum Gasteiger partial charge on any atom is -0.467 e. The summed E-state index contributed by atoms with van der Waals surface area (Å²) in [6, 6.07) is 16.6. The molecular weight excluding hydrogens is 468 g/mol. The van der Waals surface area contributed by atoms with E-state index in [0.717, 1.165) is 23.1 Å². The van der Waals surface area contributed by atoms with Crippen molar-refractivity contribution in [1.29, 1.82) is 0 Å². The van der Waals surface area contributed by atoms with Gasteiger partial charge in [0.15, 0.2) is 0 Å². The van der Waals surface area contributed by atoms with E-state index >= 15 is 0 Å². The largest absolute Gasteiger partial charge is 0.467 e. The van der Waals surface area contributed by atoms with Gasteiger partial charge in [0.05, 0.1) is 17.2 Å². The fourth-order valence-electron chi connectivity index (χ4n) is 3.37. The van der Waals surface area contributed by atoms with Crippen LogP contribution in [-0.4, -0.2) is 25.3 Å². The third-order valence-electron chi connectivity index (χ3n) is 5.03. The van der Waals surface area contributed by atoms with Gasteiger partial charge in [0, 0.05) is 21.8 Å². The number of halogens is 1. The van der Waals surface area contributed by atoms with Crippen molar-refractivity contribution in [2.75, 3.05) is 4.72 Å². The Morgan fingerprint density at radius 3 is 2.50 bits per heavy atom. The zero-order valence-electron chi connectivity index (χ0n) is 16.3. The molecule has 6 nitrogen and oxygen atoms in total. The predicted molar refractivity (Wildman–Crippen MR) is 118 cm³/mol. The first-order chi connectivity index (χ1) is 14.3. The molecule has 1 aliphatic carbocycles. The number of nitrogens with one attached hydrogen (secondary N) is 1. The number of carbonyl (C=O) groups excluding carboxylic acids is 1. The van der Waals surface area contributed by atoms with Crippen molar-refractivity contribution in [2.45, 2.75) is 36.7 Å². The van der Waals surface area contributed by atoms with Gasteiger partial charge < -0.3 is 9.32 Å². The van der Waals surface area contributed by atoms with Crippen molar-refractivity contribution >= 4 is 37.5 Å². The Bertz CT molecular complexity index is 1140. The summed E-state index contributed by atoms with van der Waals surface area (Å²) >= 11 is 3.30. The van der Waals surface area contributed by atoms with Crippen molar-refractivity contribution < 1.29 is 17.6 Å². The van der Waals surface area contributed by atoms with Crippen LogP contribution in [0, 0.1) is 0 Å². The van der Waals surface area contributed by atoms with E-state index in [2.05, 4.69) is 20.7 Å². The maximum atomic E-state index is 13.3. The SMILES string of the molecule is CC(c1ccco1)N(C(=O)c1cccc(NS(=O)(=O)c2ccc(Br)cc2)c1)C1CC1. The molecule has 1 unspecified atom stereocenters. The minimum absolute atomic E-state index is 0.147. The molecule has 1 fully saturated rings. The van der Waals surface area contributed by atoms with E-state index in [4.69, 9.17) is 4.42 Å². The number of rotatable bonds is 7. The Morgan fingerprint density at radius 1 is 1.13 bits per heavy atom. The summed E-state index contributed by atoms with van der Waals surface area (Å²) in [5.41, 5.74) is 0.765. The van der Waals surface area contributed by atoms with Crippen molar-refractivity contribution in [1.82, 2.24) is 4.90 Å². The molecule has 0 bridgehead atoms. The number of hydrogen-bond donors (Lipinski definition) is 1. The first-order valence-electron chi connectivity index (χ1n) is 9.60. The molecule has 1 aliphatic rings. The predicted octanol–water partition coefficient (Wildman–Crippen LogP) is 5.21. The molecule has 1 heterocycles. The van der Waals surface area contributed by atoms with Gasteiger partial charge >= 0.3 is 0 Å². The highest BCUT2D eigenvalue weighted by Crippen LogP contribution is 2.36. The standard InChI is InChI=1S/C22H21BrN2O4S/c1-15(21-6-3-13-29-21)25(19-9-10-19)22(26)16-4-2-5-18(14-16)24-30(27,28)20-11-7-17(23)8-12-20/h2-8,11-15,19,24H,9-10H2,1H3. The van der Waals surface area contributed by atoms with Gasteiger partial charge in [-0.25, -0.2) is 8.42 Å². The van der Waals surface area contributed by atoms with E-state index in [-0.39, 0.29) is 22.9 Å². The highest BCUT2D eigenvalue weighted by molar-refractivity contribution is 9.10. The van der Waals surface area contributed by atoms with Gasteiger partial charge in [-0.3, -0.25) is 9.52 Å². The van der Waals surface area contributed by atoms with Gasteiger partial charge in [-0.2, -0.15) is 0 Å². The average molecular weight is 489 g/mol. The fourth-order valence-corrected chi connectivity index (χ4v) is 4.68. The van der Waals surface area contributed by atoms with Crippen LogP contribution in [0.4, 0.5) is 5.69 Å². The first-order valence-corrected chi connectivity index (χ1v) is 11.9. The summed E-state index contributed by atoms with van der Waals surface area (Å²) < 4.78 is 34.2. The van der Waals surface area contributed by atoms with Crippen LogP contribution in [0.15, 0.2) is 80.7 Å². The number of carbonyl (C=O) groups is 1. The number of benzene rings is 2. The van der Waals surface area contributed by atoms with Crippen LogP contribution in [0.1, 0.15) is 41.9 Å². The van der Waals surface area contributed by atoms with E-state index in [9.17, 15) is 13.2 Å². The van der Waals surface area contributed by atoms with Gasteiger partial charge in [-0.05, 0) is 74.4 Å². The summed E-state index contributed by atoms with van der Waals surface area (Å²) in [7, 11) is -3.76. The lowest BCUT2D eigenvalue weighted by atomic mass is 10.1. The van der Waals surface area contributed by atoms with Crippen molar-refractivity contribution in [3.05, 3.63) is 82.7 Å². The Morgan fingerprint density at radius 2 is 1.87 bits per heavy atom. The molecule has 30 heavy (non-hydrogen) atoms. The van der Waals surface area contributed by atoms with Crippen LogP contribution < -0.4 is 4.72 Å². The molecule has 3 aromatic rings. The lowest BCUT2D eigenvalue weighted by molar-refractivity contribution is 0.0652. The third-order valence-corrected chi connectivity index (χ3v) is 6.96. The topological polar surface area (TPSA) is 79.6 Å². The Labute approximate surface area is 184 Å². The van der Waals surface area contributed by atoms with Crippen molar-refractivity contribution in [3.63, 3.8) is 0 Å². The van der Waals surface area contributed by atoms with Gasteiger partial charge in [-0.15, -0.1) is 0 Å². The number of amides is 1. The molecule has 1 amide bonds. The number of hydrogen-bond acceptors (Lipinski definition) is 4. The Kier molecular flexibility index (Phi) is 5.71. The molecule has 2 aromatic carbocycles. The van der Waals surface area contributed by atoms with Crippen LogP contribution in [0.2, 0.25) is 0 Å². The zero-order valence-corrected chi connectivity index (χ0v) is 18.7. The third kappa shape index (κ3) is 4.44. The van der Waals surface area contributed by atoms with Crippen LogP contribution in [0.5, 0.6) is 0 Å². The molecule has 1 saturated carbocycles. The molecule has 0 radical (unpaired) electrons. The van der Waals surface area contributed by atoms with Gasteiger partial charge in [-0.1, -0.05) is 22.0 Å². The molecule has 4 rings (SSSR count). The highest BCUT2D eigenvalue weighted by Gasteiger charge is 2.37. The molecule has 0 saturated heterocycles. The van der Waals surface area contributed by atoms with Gasteiger partial charge in [0.25, 0.3) is 15.9 Å². The minimum atomic E-state index is -3.76. The first kappa shape index (κ1) is 20.7. The molecule has 1 atom stereocenters. The van der Waals surface area contributed by atoms with Crippen LogP contribution in [0.3, 0.4) is 0 Å². The van der Waals surface area contributed by atoms with E-state index < -0.39 is 10.0 Å².